The van der Waals surface area contributed by atoms with Crippen molar-refractivity contribution in [2.75, 3.05) is 0 Å². The van der Waals surface area contributed by atoms with Crippen molar-refractivity contribution in [1.29, 1.82) is 0 Å². The third-order valence-electron chi connectivity index (χ3n) is 2.98. The van der Waals surface area contributed by atoms with Crippen LogP contribution in [0.4, 0.5) is 0 Å². The Hall–Kier alpha value is -2.44. The molecule has 0 bridgehead atoms. The Balaban J connectivity index is 2.09. The zero-order valence-corrected chi connectivity index (χ0v) is 9.38. The summed E-state index contributed by atoms with van der Waals surface area (Å²) in [5.41, 5.74) is 1.29. The first kappa shape index (κ1) is 10.7. The SMILES string of the molecule is O=C(O)c1cn(-c2nc3c(c(=O)[nH]2)CCC3)cn1. The molecule has 2 aromatic rings. The predicted octanol–water partition coefficient (Wildman–Crippen LogP) is 0.142. The minimum absolute atomic E-state index is 0.0850. The van der Waals surface area contributed by atoms with Gasteiger partial charge < -0.3 is 5.11 Å². The second kappa shape index (κ2) is 3.80. The summed E-state index contributed by atoms with van der Waals surface area (Å²) in [6, 6.07) is 0. The number of nitrogens with zero attached hydrogens (tertiary/aromatic N) is 3. The number of carbonyl (C=O) groups is 1. The first-order chi connectivity index (χ1) is 8.65. The summed E-state index contributed by atoms with van der Waals surface area (Å²) in [5, 5.41) is 8.79. The van der Waals surface area contributed by atoms with Crippen LogP contribution in [0, 0.1) is 0 Å². The van der Waals surface area contributed by atoms with Gasteiger partial charge in [-0.05, 0) is 19.3 Å². The summed E-state index contributed by atoms with van der Waals surface area (Å²) in [5.74, 6) is -0.807. The fourth-order valence-corrected chi connectivity index (χ4v) is 2.10. The molecule has 2 N–H and O–H groups in total. The van der Waals surface area contributed by atoms with Crippen molar-refractivity contribution >= 4 is 5.97 Å². The van der Waals surface area contributed by atoms with Crippen LogP contribution < -0.4 is 5.56 Å². The Morgan fingerprint density at radius 1 is 1.44 bits per heavy atom. The lowest BCUT2D eigenvalue weighted by molar-refractivity contribution is 0.0691. The van der Waals surface area contributed by atoms with Crippen molar-refractivity contribution < 1.29 is 9.90 Å². The number of aromatic amines is 1. The van der Waals surface area contributed by atoms with Crippen LogP contribution in [-0.2, 0) is 12.8 Å². The van der Waals surface area contributed by atoms with E-state index in [-0.39, 0.29) is 11.3 Å². The molecule has 0 saturated heterocycles. The van der Waals surface area contributed by atoms with Gasteiger partial charge in [0.1, 0.15) is 6.33 Å². The summed E-state index contributed by atoms with van der Waals surface area (Å²) in [4.78, 5) is 33.2. The van der Waals surface area contributed by atoms with Gasteiger partial charge in [0.2, 0.25) is 5.95 Å². The highest BCUT2D eigenvalue weighted by Crippen LogP contribution is 2.16. The first-order valence-corrected chi connectivity index (χ1v) is 5.55. The van der Waals surface area contributed by atoms with Gasteiger partial charge in [0.05, 0.1) is 5.69 Å². The molecule has 0 unspecified atom stereocenters. The van der Waals surface area contributed by atoms with Crippen molar-refractivity contribution in [3.8, 4) is 5.95 Å². The van der Waals surface area contributed by atoms with Crippen LogP contribution in [0.15, 0.2) is 17.3 Å². The molecule has 18 heavy (non-hydrogen) atoms. The molecule has 0 aliphatic heterocycles. The molecule has 92 valence electrons. The Morgan fingerprint density at radius 2 is 2.28 bits per heavy atom. The van der Waals surface area contributed by atoms with Gasteiger partial charge in [0.25, 0.3) is 5.56 Å². The quantitative estimate of drug-likeness (QED) is 0.785. The summed E-state index contributed by atoms with van der Waals surface area (Å²) in [6.45, 7) is 0. The van der Waals surface area contributed by atoms with Gasteiger partial charge in [-0.15, -0.1) is 0 Å². The molecular formula is C11H10N4O3. The van der Waals surface area contributed by atoms with Gasteiger partial charge in [-0.1, -0.05) is 0 Å². The molecule has 0 aromatic carbocycles. The van der Waals surface area contributed by atoms with Crippen molar-refractivity contribution in [3.63, 3.8) is 0 Å². The molecule has 3 rings (SSSR count). The van der Waals surface area contributed by atoms with E-state index in [1.54, 1.807) is 0 Å². The molecule has 0 saturated carbocycles. The summed E-state index contributed by atoms with van der Waals surface area (Å²) in [7, 11) is 0. The minimum atomic E-state index is -1.11. The Labute approximate surface area is 101 Å². The number of aromatic carboxylic acids is 1. The smallest absolute Gasteiger partial charge is 0.356 e. The Morgan fingerprint density at radius 3 is 3.00 bits per heavy atom. The number of hydrogen-bond donors (Lipinski definition) is 2. The van der Waals surface area contributed by atoms with E-state index in [0.29, 0.717) is 5.95 Å². The molecule has 0 amide bonds. The zero-order valence-electron chi connectivity index (χ0n) is 9.38. The summed E-state index contributed by atoms with van der Waals surface area (Å²) < 4.78 is 1.41. The largest absolute Gasteiger partial charge is 0.476 e. The number of hydrogen-bond acceptors (Lipinski definition) is 4. The van der Waals surface area contributed by atoms with Gasteiger partial charge in [-0.3, -0.25) is 14.3 Å². The van der Waals surface area contributed by atoms with E-state index < -0.39 is 5.97 Å². The third kappa shape index (κ3) is 1.60. The molecule has 7 heteroatoms. The average molecular weight is 246 g/mol. The summed E-state index contributed by atoms with van der Waals surface area (Å²) in [6.07, 6.45) is 5.11. The lowest BCUT2D eigenvalue weighted by Crippen LogP contribution is -2.17. The zero-order chi connectivity index (χ0) is 12.7. The highest BCUT2D eigenvalue weighted by atomic mass is 16.4. The van der Waals surface area contributed by atoms with Gasteiger partial charge in [0, 0.05) is 11.8 Å². The van der Waals surface area contributed by atoms with Crippen molar-refractivity contribution in [2.45, 2.75) is 19.3 Å². The molecule has 1 aliphatic carbocycles. The standard InChI is InChI=1S/C11H10N4O3/c16-9-6-2-1-3-7(6)13-11(14-9)15-4-8(10(17)18)12-5-15/h4-5H,1-3H2,(H,17,18)(H,13,14,16). The lowest BCUT2D eigenvalue weighted by atomic mass is 10.3. The molecule has 0 radical (unpaired) electrons. The topological polar surface area (TPSA) is 101 Å². The molecule has 2 heterocycles. The molecule has 0 fully saturated rings. The van der Waals surface area contributed by atoms with Gasteiger partial charge in [-0.2, -0.15) is 0 Å². The number of aromatic nitrogens is 4. The van der Waals surface area contributed by atoms with E-state index in [2.05, 4.69) is 15.0 Å². The van der Waals surface area contributed by atoms with Crippen LogP contribution in [-0.4, -0.2) is 30.6 Å². The number of rotatable bonds is 2. The van der Waals surface area contributed by atoms with E-state index in [9.17, 15) is 9.59 Å². The van der Waals surface area contributed by atoms with E-state index in [1.807, 2.05) is 0 Å². The Kier molecular flexibility index (Phi) is 2.26. The van der Waals surface area contributed by atoms with Crippen molar-refractivity contribution in [1.82, 2.24) is 19.5 Å². The van der Waals surface area contributed by atoms with Gasteiger partial charge in [0.15, 0.2) is 5.69 Å². The normalized spacial score (nSPS) is 13.6. The number of nitrogens with one attached hydrogen (secondary N) is 1. The van der Waals surface area contributed by atoms with Crippen molar-refractivity contribution in [2.24, 2.45) is 0 Å². The van der Waals surface area contributed by atoms with Crippen LogP contribution in [0.25, 0.3) is 5.95 Å². The average Bonchev–Trinajstić information content (AvgIpc) is 2.97. The van der Waals surface area contributed by atoms with E-state index >= 15 is 0 Å². The van der Waals surface area contributed by atoms with E-state index in [4.69, 9.17) is 5.11 Å². The number of carboxylic acids is 1. The number of fused-ring (bicyclic) bond motifs is 1. The van der Waals surface area contributed by atoms with Crippen LogP contribution >= 0.6 is 0 Å². The minimum Gasteiger partial charge on any atom is -0.476 e. The molecule has 0 atom stereocenters. The Bertz CT molecular complexity index is 686. The molecular weight excluding hydrogens is 236 g/mol. The lowest BCUT2D eigenvalue weighted by Gasteiger charge is -2.03. The van der Waals surface area contributed by atoms with E-state index in [0.717, 1.165) is 30.5 Å². The number of aryl methyl sites for hydroxylation is 1. The maximum Gasteiger partial charge on any atom is 0.356 e. The third-order valence-corrected chi connectivity index (χ3v) is 2.98. The molecule has 2 aromatic heterocycles. The maximum absolute atomic E-state index is 11.8. The molecule has 7 nitrogen and oxygen atoms in total. The number of H-pyrrole nitrogens is 1. The number of carboxylic acid groups (broad SMARTS) is 1. The highest BCUT2D eigenvalue weighted by molar-refractivity contribution is 5.85. The van der Waals surface area contributed by atoms with Crippen LogP contribution in [0.3, 0.4) is 0 Å². The number of imidazole rings is 1. The highest BCUT2D eigenvalue weighted by Gasteiger charge is 2.18. The fourth-order valence-electron chi connectivity index (χ4n) is 2.10. The molecule has 1 aliphatic rings. The second-order valence-electron chi connectivity index (χ2n) is 4.14. The first-order valence-electron chi connectivity index (χ1n) is 5.55. The van der Waals surface area contributed by atoms with Crippen LogP contribution in [0.2, 0.25) is 0 Å². The van der Waals surface area contributed by atoms with Crippen LogP contribution in [0.1, 0.15) is 28.2 Å². The van der Waals surface area contributed by atoms with Crippen LogP contribution in [0.5, 0.6) is 0 Å². The van der Waals surface area contributed by atoms with Gasteiger partial charge >= 0.3 is 5.97 Å². The molecule has 0 spiro atoms. The monoisotopic (exact) mass is 246 g/mol. The van der Waals surface area contributed by atoms with Gasteiger partial charge in [-0.25, -0.2) is 14.8 Å². The predicted molar refractivity (Wildman–Crippen MR) is 61.0 cm³/mol. The second-order valence-corrected chi connectivity index (χ2v) is 4.14. The summed E-state index contributed by atoms with van der Waals surface area (Å²) >= 11 is 0. The van der Waals surface area contributed by atoms with Crippen molar-refractivity contribution in [3.05, 3.63) is 39.8 Å². The fraction of sp³-hybridized carbons (Fsp3) is 0.273. The van der Waals surface area contributed by atoms with E-state index in [1.165, 1.54) is 17.1 Å². The maximum atomic E-state index is 11.8.